The number of ether oxygens (including phenoxy) is 7. The first-order valence-electron chi connectivity index (χ1n) is 38.7. The maximum atomic E-state index is 16.3. The average molecular weight is 1800 g/mol. The quantitative estimate of drug-likeness (QED) is 0.0515. The number of pyridine rings is 1. The molecule has 24 N–H and O–H groups in total. The number of primary amides is 2. The largest absolute Gasteiger partial charge is 0.573 e. The molecule has 6 aromatic carbocycles. The molecule has 14 rings (SSSR count). The second-order valence-electron chi connectivity index (χ2n) is 30.7. The summed E-state index contributed by atoms with van der Waals surface area (Å²) in [5, 5.41) is 129. The van der Waals surface area contributed by atoms with Gasteiger partial charge in [-0.1, -0.05) is 55.2 Å². The summed E-state index contributed by atoms with van der Waals surface area (Å²) in [7, 11) is 1.45. The fraction of sp³-hybridized carbons (Fsp3) is 0.370. The highest BCUT2D eigenvalue weighted by Gasteiger charge is 2.53. The molecule has 45 heteroatoms. The zero-order valence-corrected chi connectivity index (χ0v) is 68.4. The fourth-order valence-electron chi connectivity index (χ4n) is 14.8. The third-order valence-corrected chi connectivity index (χ3v) is 21.7. The highest BCUT2D eigenvalue weighted by Crippen LogP contribution is 2.50. The predicted octanol–water partition coefficient (Wildman–Crippen LogP) is 2.10. The van der Waals surface area contributed by atoms with E-state index in [4.69, 9.17) is 63.1 Å². The number of halogens is 5. The molecule has 0 saturated carbocycles. The number of nitrogens with one attached hydrogen (secondary N) is 11. The molecule has 7 aliphatic heterocycles. The first-order chi connectivity index (χ1) is 59.6. The Labute approximate surface area is 722 Å². The van der Waals surface area contributed by atoms with Crippen LogP contribution in [0.5, 0.6) is 51.7 Å². The van der Waals surface area contributed by atoms with Gasteiger partial charge in [-0.15, -0.1) is 13.2 Å². The van der Waals surface area contributed by atoms with Gasteiger partial charge >= 0.3 is 12.4 Å². The van der Waals surface area contributed by atoms with Crippen LogP contribution in [0.3, 0.4) is 0 Å². The molecular weight excluding hydrogens is 1710 g/mol. The Bertz CT molecular complexity index is 5360. The second-order valence-corrected chi connectivity index (χ2v) is 31.5. The molecule has 7 aliphatic rings. The van der Waals surface area contributed by atoms with E-state index in [9.17, 15) is 83.1 Å². The number of fused-ring (bicyclic) bond motifs is 15. The minimum absolute atomic E-state index is 0.0437. The molecule has 0 spiro atoms. The number of hydrazine groups is 1. The first-order valence-corrected chi connectivity index (χ1v) is 39.5. The van der Waals surface area contributed by atoms with Crippen molar-refractivity contribution in [1.82, 2.24) is 58.4 Å². The zero-order chi connectivity index (χ0) is 91.4. The van der Waals surface area contributed by atoms with E-state index in [1.165, 1.54) is 38.5 Å². The van der Waals surface area contributed by atoms with Crippen molar-refractivity contribution in [1.29, 1.82) is 0 Å². The van der Waals surface area contributed by atoms with E-state index in [-0.39, 0.29) is 47.7 Å². The number of aliphatic hydroxyl groups is 6. The Morgan fingerprint density at radius 1 is 0.698 bits per heavy atom. The highest BCUT2D eigenvalue weighted by molar-refractivity contribution is 6.32. The Morgan fingerprint density at radius 2 is 1.33 bits per heavy atom. The number of nitrogens with zero attached hydrogens (tertiary/aromatic N) is 1. The molecule has 0 unspecified atom stereocenters. The lowest BCUT2D eigenvalue weighted by Crippen LogP contribution is -2.65. The number of anilines is 1. The van der Waals surface area contributed by atoms with Crippen LogP contribution >= 0.6 is 23.2 Å². The molecule has 40 nitrogen and oxygen atoms in total. The molecule has 7 aromatic rings. The van der Waals surface area contributed by atoms with Gasteiger partial charge < -0.3 is 138 Å². The van der Waals surface area contributed by atoms with E-state index >= 15 is 24.0 Å². The molecule has 0 radical (unpaired) electrons. The number of carbonyl (C=O) groups excluding carboxylic acids is 10. The van der Waals surface area contributed by atoms with Gasteiger partial charge in [-0.2, -0.15) is 0 Å². The minimum Gasteiger partial charge on any atom is -0.508 e. The molecule has 2 fully saturated rings. The van der Waals surface area contributed by atoms with Crippen LogP contribution in [0.15, 0.2) is 122 Å². The van der Waals surface area contributed by atoms with Gasteiger partial charge in [0.05, 0.1) is 53.2 Å². The summed E-state index contributed by atoms with van der Waals surface area (Å²) in [6, 6.07) is 2.82. The second kappa shape index (κ2) is 38.5. The van der Waals surface area contributed by atoms with Gasteiger partial charge in [-0.3, -0.25) is 53.6 Å². The summed E-state index contributed by atoms with van der Waals surface area (Å²) < 4.78 is 81.9. The predicted molar refractivity (Wildman–Crippen MR) is 430 cm³/mol. The molecule has 672 valence electrons. The molecule has 11 amide bonds. The number of benzene rings is 6. The van der Waals surface area contributed by atoms with Crippen LogP contribution in [0.4, 0.5) is 23.7 Å². The zero-order valence-electron chi connectivity index (χ0n) is 66.9. The smallest absolute Gasteiger partial charge is 0.508 e. The molecule has 11 bridgehead atoms. The van der Waals surface area contributed by atoms with Crippen LogP contribution in [0.25, 0.3) is 11.1 Å². The number of phenols is 3. The number of rotatable bonds is 19. The van der Waals surface area contributed by atoms with Crippen molar-refractivity contribution in [2.75, 3.05) is 19.0 Å². The standard InChI is InChI=1S/C81H87Cl2F3N14O26/c1-31(2)16-46(89-5)71(112)97-61-63(106)36-9-14-50(44(82)19-36)121-52-21-38-22-53(67(52)125-78-68(66(109)65(108)54(30-101)123-78)124-56-26-80(4,69(110)32(3)120-56)91-28-33-17-39(29-90-27-33)92-70(111)34-6-11-41(12-7-34)126-81(84,85)86)122-51-15-10-37(20-45(51)83)64(107)62-76(117)96-60(77(118)99-100-79(88)119)43-23-40(102)24-49(104)57(43)42-18-35(8-13-48(42)103)58(73(114)98-62)95-74(115)59(38)94-72(113)47(25-55(87)105)93-75(61)116/h6-15,17-24,27,29,31-32,46-47,54,56,58-66,68-69,78,89,91,101-104,106-110H,16,25-26,28,30H2,1-5H3,(H2,87,105)(H,92,111)(H,93,116)(H,94,113)(H,95,115)(H,96,117)(H,97,112)(H,98,114)(H,99,118)(H3,88,100,119)/t32-,46+,47-,54+,56-,58+,59+,60+,61+,62-,63+,64+,65+,66-,68+,69+,78-,80-/m0/s1. The van der Waals surface area contributed by atoms with E-state index in [0.717, 1.165) is 97.1 Å². The number of aromatic hydroxyl groups is 3. The molecule has 0 aliphatic carbocycles. The topological polar surface area (TPSA) is 615 Å². The van der Waals surface area contributed by atoms with E-state index < -0.39 is 277 Å². The van der Waals surface area contributed by atoms with Crippen LogP contribution in [0, 0.1) is 5.92 Å². The number of hydrogen-bond acceptors (Lipinski definition) is 29. The Kier molecular flexibility index (Phi) is 28.3. The van der Waals surface area contributed by atoms with E-state index in [0.29, 0.717) is 5.56 Å². The number of amides is 11. The van der Waals surface area contributed by atoms with Gasteiger partial charge in [0.2, 0.25) is 53.4 Å². The molecule has 8 heterocycles. The van der Waals surface area contributed by atoms with E-state index in [2.05, 4.69) is 57.6 Å². The molecular formula is C81H87Cl2F3N14O26. The van der Waals surface area contributed by atoms with Crippen molar-refractivity contribution in [3.05, 3.63) is 171 Å². The third kappa shape index (κ3) is 21.2. The fourth-order valence-corrected chi connectivity index (χ4v) is 15.3. The normalized spacial score (nSPS) is 25.9. The van der Waals surface area contributed by atoms with Crippen molar-refractivity contribution in [2.24, 2.45) is 17.4 Å². The minimum atomic E-state index is -4.99. The van der Waals surface area contributed by atoms with Crippen molar-refractivity contribution in [3.8, 4) is 62.9 Å². The van der Waals surface area contributed by atoms with Crippen LogP contribution < -0.4 is 89.1 Å². The van der Waals surface area contributed by atoms with Gasteiger partial charge in [0.15, 0.2) is 23.9 Å². The highest BCUT2D eigenvalue weighted by atomic mass is 35.5. The van der Waals surface area contributed by atoms with Crippen molar-refractivity contribution in [3.63, 3.8) is 0 Å². The maximum absolute atomic E-state index is 16.3. The van der Waals surface area contributed by atoms with Gasteiger partial charge in [0.25, 0.3) is 11.8 Å². The van der Waals surface area contributed by atoms with Crippen LogP contribution in [0.1, 0.15) is 121 Å². The number of nitrogens with two attached hydrogens (primary N) is 2. The summed E-state index contributed by atoms with van der Waals surface area (Å²) >= 11 is 14.3. The van der Waals surface area contributed by atoms with Crippen molar-refractivity contribution in [2.45, 2.75) is 169 Å². The summed E-state index contributed by atoms with van der Waals surface area (Å²) in [4.78, 5) is 149. The van der Waals surface area contributed by atoms with E-state index in [1.54, 1.807) is 20.8 Å². The number of hydrogen-bond donors (Lipinski definition) is 22. The summed E-state index contributed by atoms with van der Waals surface area (Å²) in [6.07, 6.45) is -22.3. The molecule has 18 atom stereocenters. The van der Waals surface area contributed by atoms with Crippen molar-refractivity contribution < 1.29 is 140 Å². The number of alkyl halides is 3. The number of aromatic nitrogens is 1. The number of carbonyl (C=O) groups is 10. The van der Waals surface area contributed by atoms with Gasteiger partial charge in [0, 0.05) is 47.5 Å². The number of phenolic OH excluding ortho intramolecular Hbond substituents is 3. The lowest BCUT2D eigenvalue weighted by atomic mass is 9.84. The SMILES string of the molecule is CN[C@H](CC(C)C)C(=O)N[C@H]1C(=O)N[C@@H](CC(N)=O)C(=O)N[C@H]2C(=O)N[C@H]3C(=O)N[C@H](C(=O)N[C@@H](C(=O)NNC(N)=O)c4cc(O)cc(O)c4-c4cc3ccc4O)[C@H](O)c3ccc(c(Cl)c3)Oc3cc2cc(c3O[C@@H]2O[C@H](CO)[C@@H](O)[C@H](O)[C@H]2O[C@H]2C[C@](C)(NCc3cncc(NC(=O)c4ccc(OC(F)(F)F)cc4)c3)[C@H](O)[C@H](C)O2)Oc2ccc(cc2Cl)[C@H]1O. The lowest BCUT2D eigenvalue weighted by molar-refractivity contribution is -0.334. The summed E-state index contributed by atoms with van der Waals surface area (Å²) in [5.74, 6) is -17.7. The van der Waals surface area contributed by atoms with Crippen molar-refractivity contribution >= 4 is 88.1 Å². The summed E-state index contributed by atoms with van der Waals surface area (Å²) in [6.45, 7) is 5.47. The monoisotopic (exact) mass is 1800 g/mol. The van der Waals surface area contributed by atoms with Gasteiger partial charge in [-0.05, 0) is 152 Å². The van der Waals surface area contributed by atoms with Gasteiger partial charge in [-0.25, -0.2) is 10.2 Å². The average Bonchev–Trinajstić information content (AvgIpc) is 0.764. The summed E-state index contributed by atoms with van der Waals surface area (Å²) in [5.41, 5.74) is 10.8. The third-order valence-electron chi connectivity index (χ3n) is 21.2. The van der Waals surface area contributed by atoms with Crippen LogP contribution in [0.2, 0.25) is 10.0 Å². The van der Waals surface area contributed by atoms with Crippen LogP contribution in [-0.2, 0) is 59.1 Å². The Hall–Kier alpha value is -12.5. The van der Waals surface area contributed by atoms with Gasteiger partial charge in [0.1, 0.15) is 101 Å². The number of aliphatic hydroxyl groups excluding tert-OH is 6. The lowest BCUT2D eigenvalue weighted by Gasteiger charge is -2.48. The molecule has 1 aromatic heterocycles. The van der Waals surface area contributed by atoms with Crippen LogP contribution in [-0.4, -0.2) is 209 Å². The number of likely N-dealkylation sites (N-methyl/N-ethyl adjacent to an activating group) is 1. The molecule has 126 heavy (non-hydrogen) atoms. The Balaban J connectivity index is 1.01. The Morgan fingerprint density at radius 3 is 1.95 bits per heavy atom. The first kappa shape index (κ1) is 92.7. The molecule has 2 saturated heterocycles. The van der Waals surface area contributed by atoms with E-state index in [1.807, 2.05) is 10.9 Å². The number of urea groups is 1. The maximum Gasteiger partial charge on any atom is 0.573 e.